The molecule has 0 bridgehead atoms. The van der Waals surface area contributed by atoms with Crippen molar-refractivity contribution in [3.05, 3.63) is 0 Å². The predicted octanol–water partition coefficient (Wildman–Crippen LogP) is 1.90. The molecule has 0 aromatic heterocycles. The molecule has 1 N–H and O–H groups in total. The first-order valence-corrected chi connectivity index (χ1v) is 7.20. The molecule has 5 nitrogen and oxygen atoms in total. The summed E-state index contributed by atoms with van der Waals surface area (Å²) in [5, 5.41) is 8.92. The number of carbonyl (C=O) groups excluding carboxylic acids is 1. The summed E-state index contributed by atoms with van der Waals surface area (Å²) >= 11 is 0. The molecule has 1 saturated heterocycles. The molecule has 1 aliphatic heterocycles. The second-order valence-corrected chi connectivity index (χ2v) is 5.16. The number of carbonyl (C=O) groups is 2. The molecule has 0 aromatic rings. The Morgan fingerprint density at radius 1 is 1.42 bits per heavy atom. The van der Waals surface area contributed by atoms with Gasteiger partial charge in [0.1, 0.15) is 0 Å². The number of nitrogens with zero attached hydrogens (tertiary/aromatic N) is 1. The van der Waals surface area contributed by atoms with E-state index in [2.05, 4.69) is 13.8 Å². The normalized spacial score (nSPS) is 21.2. The molecule has 0 aromatic carbocycles. The van der Waals surface area contributed by atoms with Gasteiger partial charge in [-0.05, 0) is 12.3 Å². The van der Waals surface area contributed by atoms with Gasteiger partial charge in [-0.15, -0.1) is 0 Å². The number of hydrogen-bond donors (Lipinski definition) is 1. The summed E-state index contributed by atoms with van der Waals surface area (Å²) in [6.45, 7) is 5.25. The van der Waals surface area contributed by atoms with Crippen molar-refractivity contribution in [1.29, 1.82) is 0 Å². The molecular formula is C14H25NO4. The average Bonchev–Trinajstić information content (AvgIpc) is 2.43. The largest absolute Gasteiger partial charge is 0.479 e. The number of hydrogen-bond acceptors (Lipinski definition) is 3. The van der Waals surface area contributed by atoms with Gasteiger partial charge >= 0.3 is 5.97 Å². The molecule has 1 heterocycles. The van der Waals surface area contributed by atoms with Gasteiger partial charge in [0.25, 0.3) is 0 Å². The fourth-order valence-electron chi connectivity index (χ4n) is 2.34. The van der Waals surface area contributed by atoms with Crippen molar-refractivity contribution in [3.63, 3.8) is 0 Å². The molecular weight excluding hydrogens is 246 g/mol. The third-order valence-electron chi connectivity index (χ3n) is 3.70. The Kier molecular flexibility index (Phi) is 6.84. The van der Waals surface area contributed by atoms with E-state index < -0.39 is 12.1 Å². The average molecular weight is 271 g/mol. The Morgan fingerprint density at radius 2 is 2.16 bits per heavy atom. The Balaban J connectivity index is 2.45. The van der Waals surface area contributed by atoms with Crippen LogP contribution in [-0.2, 0) is 14.3 Å². The number of morpholine rings is 1. The molecule has 0 spiro atoms. The molecule has 0 radical (unpaired) electrons. The zero-order valence-corrected chi connectivity index (χ0v) is 11.9. The number of unbranched alkanes of at least 4 members (excludes halogenated alkanes) is 1. The smallest absolute Gasteiger partial charge is 0.334 e. The van der Waals surface area contributed by atoms with Crippen molar-refractivity contribution >= 4 is 11.9 Å². The van der Waals surface area contributed by atoms with E-state index in [4.69, 9.17) is 9.84 Å². The lowest BCUT2D eigenvalue weighted by molar-refractivity contribution is -0.159. The van der Waals surface area contributed by atoms with Gasteiger partial charge < -0.3 is 14.7 Å². The van der Waals surface area contributed by atoms with E-state index in [1.165, 1.54) is 0 Å². The molecule has 0 aliphatic carbocycles. The lowest BCUT2D eigenvalue weighted by Crippen LogP contribution is -2.48. The first kappa shape index (κ1) is 16.0. The summed E-state index contributed by atoms with van der Waals surface area (Å²) in [6.07, 6.45) is 4.02. The molecule has 2 atom stereocenters. The summed E-state index contributed by atoms with van der Waals surface area (Å²) < 4.78 is 5.12. The highest BCUT2D eigenvalue weighted by Crippen LogP contribution is 2.19. The van der Waals surface area contributed by atoms with E-state index in [1.54, 1.807) is 4.90 Å². The van der Waals surface area contributed by atoms with Gasteiger partial charge in [-0.25, -0.2) is 4.79 Å². The zero-order chi connectivity index (χ0) is 14.3. The molecule has 1 aliphatic rings. The molecule has 5 heteroatoms. The van der Waals surface area contributed by atoms with Crippen LogP contribution in [0.25, 0.3) is 0 Å². The van der Waals surface area contributed by atoms with E-state index in [0.717, 1.165) is 25.7 Å². The van der Waals surface area contributed by atoms with E-state index in [9.17, 15) is 9.59 Å². The summed E-state index contributed by atoms with van der Waals surface area (Å²) in [5.74, 6) is -0.508. The van der Waals surface area contributed by atoms with Gasteiger partial charge in [-0.3, -0.25) is 4.79 Å². The van der Waals surface area contributed by atoms with Crippen LogP contribution in [0.15, 0.2) is 0 Å². The van der Waals surface area contributed by atoms with Gasteiger partial charge in [0, 0.05) is 13.0 Å². The monoisotopic (exact) mass is 271 g/mol. The summed E-state index contributed by atoms with van der Waals surface area (Å²) in [6, 6.07) is 0. The SMILES string of the molecule is CCCCC(CC)CC(=O)N1CCOC(C(=O)O)C1. The minimum Gasteiger partial charge on any atom is -0.479 e. The highest BCUT2D eigenvalue weighted by Gasteiger charge is 2.29. The van der Waals surface area contributed by atoms with Crippen LogP contribution >= 0.6 is 0 Å². The number of carboxylic acids is 1. The van der Waals surface area contributed by atoms with Crippen LogP contribution in [-0.4, -0.2) is 47.7 Å². The molecule has 2 unspecified atom stereocenters. The predicted molar refractivity (Wildman–Crippen MR) is 71.9 cm³/mol. The number of rotatable bonds is 7. The van der Waals surface area contributed by atoms with E-state index >= 15 is 0 Å². The van der Waals surface area contributed by atoms with Crippen LogP contribution in [0.4, 0.5) is 0 Å². The van der Waals surface area contributed by atoms with Gasteiger partial charge in [0.15, 0.2) is 6.10 Å². The maximum absolute atomic E-state index is 12.2. The third-order valence-corrected chi connectivity index (χ3v) is 3.70. The van der Waals surface area contributed by atoms with E-state index in [0.29, 0.717) is 25.5 Å². The molecule has 19 heavy (non-hydrogen) atoms. The fraction of sp³-hybridized carbons (Fsp3) is 0.857. The van der Waals surface area contributed by atoms with E-state index in [1.807, 2.05) is 0 Å². The first-order valence-electron chi connectivity index (χ1n) is 7.20. The lowest BCUT2D eigenvalue weighted by atomic mass is 9.95. The third kappa shape index (κ3) is 5.19. The van der Waals surface area contributed by atoms with Crippen molar-refractivity contribution in [3.8, 4) is 0 Å². The Hall–Kier alpha value is -1.10. The number of ether oxygens (including phenoxy) is 1. The lowest BCUT2D eigenvalue weighted by Gasteiger charge is -2.31. The number of carboxylic acid groups (broad SMARTS) is 1. The van der Waals surface area contributed by atoms with Gasteiger partial charge in [0.05, 0.1) is 13.2 Å². The molecule has 1 rings (SSSR count). The topological polar surface area (TPSA) is 66.8 Å². The zero-order valence-electron chi connectivity index (χ0n) is 11.9. The maximum atomic E-state index is 12.2. The second-order valence-electron chi connectivity index (χ2n) is 5.16. The fourth-order valence-corrected chi connectivity index (χ4v) is 2.34. The van der Waals surface area contributed by atoms with Crippen LogP contribution in [0, 0.1) is 5.92 Å². The summed E-state index contributed by atoms with van der Waals surface area (Å²) in [7, 11) is 0. The van der Waals surface area contributed by atoms with E-state index in [-0.39, 0.29) is 12.5 Å². The van der Waals surface area contributed by atoms with Crippen LogP contribution < -0.4 is 0 Å². The van der Waals surface area contributed by atoms with Crippen molar-refractivity contribution in [2.45, 2.75) is 52.1 Å². The first-order chi connectivity index (χ1) is 9.08. The van der Waals surface area contributed by atoms with Crippen LogP contribution in [0.5, 0.6) is 0 Å². The Bertz CT molecular complexity index is 306. The van der Waals surface area contributed by atoms with Crippen molar-refractivity contribution in [2.75, 3.05) is 19.7 Å². The van der Waals surface area contributed by atoms with Crippen LogP contribution in [0.3, 0.4) is 0 Å². The minimum absolute atomic E-state index is 0.0671. The quantitative estimate of drug-likeness (QED) is 0.768. The molecule has 1 amide bonds. The number of amides is 1. The minimum atomic E-state index is -0.990. The van der Waals surface area contributed by atoms with Crippen molar-refractivity contribution in [1.82, 2.24) is 4.90 Å². The van der Waals surface area contributed by atoms with Crippen LogP contribution in [0.2, 0.25) is 0 Å². The summed E-state index contributed by atoms with van der Waals surface area (Å²) in [4.78, 5) is 24.7. The van der Waals surface area contributed by atoms with Crippen LogP contribution in [0.1, 0.15) is 46.0 Å². The molecule has 1 fully saturated rings. The van der Waals surface area contributed by atoms with Crippen molar-refractivity contribution in [2.24, 2.45) is 5.92 Å². The number of aliphatic carboxylic acids is 1. The van der Waals surface area contributed by atoms with Gasteiger partial charge in [-0.1, -0.05) is 33.1 Å². The Morgan fingerprint density at radius 3 is 2.74 bits per heavy atom. The Labute approximate surface area is 114 Å². The van der Waals surface area contributed by atoms with Crippen molar-refractivity contribution < 1.29 is 19.4 Å². The highest BCUT2D eigenvalue weighted by molar-refractivity contribution is 5.78. The maximum Gasteiger partial charge on any atom is 0.334 e. The standard InChI is InChI=1S/C14H25NO4/c1-3-5-6-11(4-2)9-13(16)15-7-8-19-12(10-15)14(17)18/h11-12H,3-10H2,1-2H3,(H,17,18). The van der Waals surface area contributed by atoms with Gasteiger partial charge in [0.2, 0.25) is 5.91 Å². The molecule has 0 saturated carbocycles. The summed E-state index contributed by atoms with van der Waals surface area (Å²) in [5.41, 5.74) is 0. The van der Waals surface area contributed by atoms with Gasteiger partial charge in [-0.2, -0.15) is 0 Å². The highest BCUT2D eigenvalue weighted by atomic mass is 16.5. The molecule has 110 valence electrons. The second kappa shape index (κ2) is 8.15.